The van der Waals surface area contributed by atoms with Crippen LogP contribution >= 0.6 is 0 Å². The van der Waals surface area contributed by atoms with Crippen molar-refractivity contribution in [2.75, 3.05) is 26.7 Å². The van der Waals surface area contributed by atoms with Crippen LogP contribution in [0.15, 0.2) is 53.1 Å². The normalized spacial score (nSPS) is 22.0. The molecule has 0 spiro atoms. The smallest absolute Gasteiger partial charge is 0.273 e. The number of ether oxygens (including phenoxy) is 1. The fourth-order valence-electron chi connectivity index (χ4n) is 5.59. The first-order valence-electron chi connectivity index (χ1n) is 13.8. The summed E-state index contributed by atoms with van der Waals surface area (Å²) in [6, 6.07) is 11.8. The third-order valence-corrected chi connectivity index (χ3v) is 8.24. The van der Waals surface area contributed by atoms with Gasteiger partial charge >= 0.3 is 0 Å². The Morgan fingerprint density at radius 2 is 1.95 bits per heavy atom. The van der Waals surface area contributed by atoms with Gasteiger partial charge in [0.25, 0.3) is 5.91 Å². The molecule has 6 rings (SSSR count). The molecule has 0 bridgehead atoms. The van der Waals surface area contributed by atoms with Crippen molar-refractivity contribution in [3.05, 3.63) is 71.4 Å². The molecule has 3 aliphatic rings. The Balaban J connectivity index is 1.18. The van der Waals surface area contributed by atoms with Crippen molar-refractivity contribution < 1.29 is 27.6 Å². The zero-order valence-electron chi connectivity index (χ0n) is 22.3. The van der Waals surface area contributed by atoms with Crippen LogP contribution in [-0.4, -0.2) is 54.7 Å². The summed E-state index contributed by atoms with van der Waals surface area (Å²) in [5.41, 5.74) is 0.549. The summed E-state index contributed by atoms with van der Waals surface area (Å²) in [4.78, 5) is 29.3. The molecule has 1 aromatic heterocycles. The van der Waals surface area contributed by atoms with Crippen LogP contribution in [0.5, 0.6) is 5.75 Å². The number of carbonyl (C=O) groups excluding carboxylic acids is 2. The average molecular weight is 551 g/mol. The number of benzene rings is 2. The quantitative estimate of drug-likeness (QED) is 0.413. The minimum atomic E-state index is -0.812. The molecule has 0 radical (unpaired) electrons. The Morgan fingerprint density at radius 3 is 2.67 bits per heavy atom. The lowest BCUT2D eigenvalue weighted by Gasteiger charge is -2.38. The first-order valence-corrected chi connectivity index (χ1v) is 13.8. The Hall–Kier alpha value is -3.79. The number of hydrogen-bond donors (Lipinski definition) is 2. The van der Waals surface area contributed by atoms with Crippen LogP contribution in [0.1, 0.15) is 48.2 Å². The number of nitrogens with one attached hydrogen (secondary N) is 2. The second-order valence-corrected chi connectivity index (χ2v) is 11.2. The number of aromatic nitrogens is 1. The summed E-state index contributed by atoms with van der Waals surface area (Å²) >= 11 is 0. The highest BCUT2D eigenvalue weighted by Crippen LogP contribution is 2.46. The SMILES string of the molecule is COc1cccc(C2(NC(=O)[C@H]3CN(CC4CC4)CC[C@@H]3NC(=O)c3cc(-c4ccc(F)cc4F)on3)CC2)c1. The minimum absolute atomic E-state index is 0.00543. The highest BCUT2D eigenvalue weighted by Gasteiger charge is 2.48. The first-order chi connectivity index (χ1) is 19.3. The zero-order chi connectivity index (χ0) is 27.9. The van der Waals surface area contributed by atoms with Crippen molar-refractivity contribution in [1.82, 2.24) is 20.7 Å². The second kappa shape index (κ2) is 10.6. The molecule has 210 valence electrons. The van der Waals surface area contributed by atoms with E-state index in [2.05, 4.69) is 20.7 Å². The van der Waals surface area contributed by atoms with E-state index in [0.717, 1.165) is 49.4 Å². The molecule has 2 aromatic carbocycles. The van der Waals surface area contributed by atoms with Crippen molar-refractivity contribution in [3.63, 3.8) is 0 Å². The van der Waals surface area contributed by atoms with Gasteiger partial charge in [-0.25, -0.2) is 8.78 Å². The number of halogens is 2. The van der Waals surface area contributed by atoms with Gasteiger partial charge in [-0.3, -0.25) is 9.59 Å². The lowest BCUT2D eigenvalue weighted by atomic mass is 9.90. The van der Waals surface area contributed by atoms with Crippen molar-refractivity contribution in [2.24, 2.45) is 11.8 Å². The highest BCUT2D eigenvalue weighted by molar-refractivity contribution is 5.94. The van der Waals surface area contributed by atoms with E-state index >= 15 is 0 Å². The molecule has 1 aliphatic heterocycles. The van der Waals surface area contributed by atoms with Gasteiger partial charge in [-0.15, -0.1) is 0 Å². The number of likely N-dealkylation sites (tertiary alicyclic amines) is 1. The number of piperidine rings is 1. The number of hydrogen-bond acceptors (Lipinski definition) is 6. The molecule has 8 nitrogen and oxygen atoms in total. The molecule has 3 fully saturated rings. The topological polar surface area (TPSA) is 96.7 Å². The van der Waals surface area contributed by atoms with Crippen LogP contribution in [0, 0.1) is 23.5 Å². The molecule has 40 heavy (non-hydrogen) atoms. The van der Waals surface area contributed by atoms with Crippen LogP contribution < -0.4 is 15.4 Å². The largest absolute Gasteiger partial charge is 0.497 e. The van der Waals surface area contributed by atoms with Crippen molar-refractivity contribution >= 4 is 11.8 Å². The summed E-state index contributed by atoms with van der Waals surface area (Å²) in [6.07, 6.45) is 4.72. The van der Waals surface area contributed by atoms with Crippen molar-refractivity contribution in [1.29, 1.82) is 0 Å². The number of methoxy groups -OCH3 is 1. The van der Waals surface area contributed by atoms with Gasteiger partial charge in [0.1, 0.15) is 17.4 Å². The Bertz CT molecular complexity index is 1420. The van der Waals surface area contributed by atoms with E-state index in [9.17, 15) is 18.4 Å². The predicted molar refractivity (Wildman–Crippen MR) is 142 cm³/mol. The van der Waals surface area contributed by atoms with Gasteiger partial charge in [0, 0.05) is 37.8 Å². The molecule has 2 aliphatic carbocycles. The number of rotatable bonds is 9. The summed E-state index contributed by atoms with van der Waals surface area (Å²) in [6.45, 7) is 2.28. The standard InChI is InChI=1S/C30H32F2N4O4/c1-39-21-4-2-3-19(13-21)30(10-11-30)34-28(37)23-17-36(16-18-5-6-18)12-9-25(23)33-29(38)26-15-27(40-35-26)22-8-7-20(31)14-24(22)32/h2-4,7-8,13-15,18,23,25H,5-6,9-12,16-17H2,1H3,(H,33,38)(H,34,37)/t23-,25-/m0/s1. The van der Waals surface area contributed by atoms with E-state index in [0.29, 0.717) is 18.9 Å². The van der Waals surface area contributed by atoms with E-state index in [1.807, 2.05) is 24.3 Å². The molecule has 2 heterocycles. The maximum absolute atomic E-state index is 14.2. The third-order valence-electron chi connectivity index (χ3n) is 8.24. The fourth-order valence-corrected chi connectivity index (χ4v) is 5.59. The van der Waals surface area contributed by atoms with Crippen LogP contribution in [-0.2, 0) is 10.3 Å². The summed E-state index contributed by atoms with van der Waals surface area (Å²) < 4.78 is 38.1. The molecular formula is C30H32F2N4O4. The second-order valence-electron chi connectivity index (χ2n) is 11.2. The van der Waals surface area contributed by atoms with E-state index in [1.165, 1.54) is 25.0 Å². The van der Waals surface area contributed by atoms with Crippen LogP contribution in [0.2, 0.25) is 0 Å². The highest BCUT2D eigenvalue weighted by atomic mass is 19.1. The van der Waals surface area contributed by atoms with Gasteiger partial charge in [-0.1, -0.05) is 17.3 Å². The molecule has 0 unspecified atom stereocenters. The van der Waals surface area contributed by atoms with Gasteiger partial charge in [0.05, 0.1) is 24.1 Å². The molecule has 3 aromatic rings. The van der Waals surface area contributed by atoms with E-state index in [1.54, 1.807) is 7.11 Å². The maximum atomic E-state index is 14.2. The third kappa shape index (κ3) is 5.58. The number of nitrogens with zero attached hydrogens (tertiary/aromatic N) is 2. The van der Waals surface area contributed by atoms with Gasteiger partial charge < -0.3 is 24.8 Å². The molecular weight excluding hydrogens is 518 g/mol. The summed E-state index contributed by atoms with van der Waals surface area (Å²) in [5, 5.41) is 10.1. The molecule has 1 saturated heterocycles. The van der Waals surface area contributed by atoms with Crippen molar-refractivity contribution in [3.8, 4) is 17.1 Å². The summed E-state index contributed by atoms with van der Waals surface area (Å²) in [5.74, 6) is -1.15. The van der Waals surface area contributed by atoms with Crippen LogP contribution in [0.25, 0.3) is 11.3 Å². The molecule has 10 heteroatoms. The Labute approximate surface area is 231 Å². The molecule has 2 atom stereocenters. The minimum Gasteiger partial charge on any atom is -0.497 e. The average Bonchev–Trinajstić information content (AvgIpc) is 3.88. The zero-order valence-corrected chi connectivity index (χ0v) is 22.3. The lowest BCUT2D eigenvalue weighted by molar-refractivity contribution is -0.128. The number of amides is 2. The molecule has 2 saturated carbocycles. The van der Waals surface area contributed by atoms with Gasteiger partial charge in [-0.05, 0) is 67.9 Å². The van der Waals surface area contributed by atoms with Gasteiger partial charge in [-0.2, -0.15) is 0 Å². The Morgan fingerprint density at radius 1 is 1.12 bits per heavy atom. The van der Waals surface area contributed by atoms with Gasteiger partial charge in [0.15, 0.2) is 11.5 Å². The maximum Gasteiger partial charge on any atom is 0.273 e. The molecule has 2 amide bonds. The van der Waals surface area contributed by atoms with E-state index < -0.39 is 35.0 Å². The molecule has 2 N–H and O–H groups in total. The first kappa shape index (κ1) is 26.4. The monoisotopic (exact) mass is 550 g/mol. The fraction of sp³-hybridized carbons (Fsp3) is 0.433. The van der Waals surface area contributed by atoms with Crippen LogP contribution in [0.3, 0.4) is 0 Å². The van der Waals surface area contributed by atoms with E-state index in [4.69, 9.17) is 9.26 Å². The van der Waals surface area contributed by atoms with Crippen LogP contribution in [0.4, 0.5) is 8.78 Å². The van der Waals surface area contributed by atoms with E-state index in [-0.39, 0.29) is 22.9 Å². The lowest BCUT2D eigenvalue weighted by Crippen LogP contribution is -2.57. The summed E-state index contributed by atoms with van der Waals surface area (Å²) in [7, 11) is 1.62. The Kier molecular flexibility index (Phi) is 7.04. The number of carbonyl (C=O) groups is 2. The predicted octanol–water partition coefficient (Wildman–Crippen LogP) is 4.26. The van der Waals surface area contributed by atoms with Crippen molar-refractivity contribution in [2.45, 2.75) is 43.7 Å². The van der Waals surface area contributed by atoms with Gasteiger partial charge in [0.2, 0.25) is 5.91 Å².